The highest BCUT2D eigenvalue weighted by molar-refractivity contribution is 7.88. The Labute approximate surface area is 125 Å². The molecule has 0 aromatic heterocycles. The summed E-state index contributed by atoms with van der Waals surface area (Å²) < 4.78 is 24.6. The zero-order valence-electron chi connectivity index (χ0n) is 12.3. The van der Waals surface area contributed by atoms with E-state index in [0.717, 1.165) is 29.7 Å². The quantitative estimate of drug-likeness (QED) is 0.904. The summed E-state index contributed by atoms with van der Waals surface area (Å²) in [6.07, 6.45) is 2.71. The Kier molecular flexibility index (Phi) is 3.53. The van der Waals surface area contributed by atoms with Crippen molar-refractivity contribution in [1.29, 1.82) is 0 Å². The Bertz CT molecular complexity index is 676. The minimum atomic E-state index is -3.12. The third kappa shape index (κ3) is 2.70. The number of aryl methyl sites for hydroxylation is 1. The van der Waals surface area contributed by atoms with Crippen LogP contribution in [0.15, 0.2) is 18.2 Å². The van der Waals surface area contributed by atoms with Crippen LogP contribution in [0.3, 0.4) is 0 Å². The van der Waals surface area contributed by atoms with Gasteiger partial charge in [0.2, 0.25) is 15.9 Å². The lowest BCUT2D eigenvalue weighted by atomic mass is 9.81. The second-order valence-electron chi connectivity index (χ2n) is 6.06. The van der Waals surface area contributed by atoms with Crippen LogP contribution in [-0.2, 0) is 14.8 Å². The minimum absolute atomic E-state index is 0.0494. The molecule has 21 heavy (non-hydrogen) atoms. The number of anilines is 1. The smallest absolute Gasteiger partial charge is 0.232 e. The highest BCUT2D eigenvalue weighted by Gasteiger charge is 2.39. The molecule has 0 radical (unpaired) electrons. The van der Waals surface area contributed by atoms with Gasteiger partial charge in [0, 0.05) is 18.8 Å². The maximum Gasteiger partial charge on any atom is 0.232 e. The molecule has 1 atom stereocenters. The van der Waals surface area contributed by atoms with Crippen LogP contribution >= 0.6 is 0 Å². The van der Waals surface area contributed by atoms with Crippen LogP contribution in [0.2, 0.25) is 0 Å². The van der Waals surface area contributed by atoms with Gasteiger partial charge in [0.05, 0.1) is 12.2 Å². The Morgan fingerprint density at radius 3 is 2.52 bits per heavy atom. The molecule has 2 aliphatic rings. The predicted octanol–water partition coefficient (Wildman–Crippen LogP) is 1.70. The van der Waals surface area contributed by atoms with Crippen LogP contribution < -0.4 is 5.32 Å². The lowest BCUT2D eigenvalue weighted by Gasteiger charge is -2.32. The van der Waals surface area contributed by atoms with E-state index in [4.69, 9.17) is 0 Å². The van der Waals surface area contributed by atoms with Crippen molar-refractivity contribution in [3.05, 3.63) is 29.3 Å². The molecule has 1 saturated heterocycles. The van der Waals surface area contributed by atoms with E-state index in [1.54, 1.807) is 0 Å². The van der Waals surface area contributed by atoms with Crippen LogP contribution in [0.1, 0.15) is 29.9 Å². The number of nitrogens with one attached hydrogen (secondary N) is 1. The zero-order chi connectivity index (χ0) is 15.2. The van der Waals surface area contributed by atoms with E-state index in [-0.39, 0.29) is 17.7 Å². The molecule has 2 aliphatic heterocycles. The van der Waals surface area contributed by atoms with Crippen molar-refractivity contribution in [2.75, 3.05) is 24.7 Å². The van der Waals surface area contributed by atoms with E-state index in [0.29, 0.717) is 13.1 Å². The van der Waals surface area contributed by atoms with Crippen molar-refractivity contribution in [2.45, 2.75) is 25.7 Å². The SMILES string of the molecule is Cc1ccc2c(c1)C(C1CCN(S(C)(=O)=O)CC1)C(=O)N2. The molecule has 3 rings (SSSR count). The van der Waals surface area contributed by atoms with Crippen LogP contribution in [0, 0.1) is 12.8 Å². The lowest BCUT2D eigenvalue weighted by molar-refractivity contribution is -0.118. The number of carbonyl (C=O) groups is 1. The second kappa shape index (κ2) is 5.10. The van der Waals surface area contributed by atoms with E-state index < -0.39 is 10.0 Å². The van der Waals surface area contributed by atoms with Gasteiger partial charge in [-0.1, -0.05) is 17.7 Å². The van der Waals surface area contributed by atoms with Gasteiger partial charge < -0.3 is 5.32 Å². The Hall–Kier alpha value is -1.40. The molecule has 114 valence electrons. The Balaban J connectivity index is 1.80. The first-order valence-corrected chi connectivity index (χ1v) is 9.07. The number of piperidine rings is 1. The van der Waals surface area contributed by atoms with Crippen LogP contribution in [0.5, 0.6) is 0 Å². The van der Waals surface area contributed by atoms with Crippen molar-refractivity contribution >= 4 is 21.6 Å². The van der Waals surface area contributed by atoms with Crippen molar-refractivity contribution in [1.82, 2.24) is 4.31 Å². The van der Waals surface area contributed by atoms with Gasteiger partial charge in [-0.15, -0.1) is 0 Å². The number of carbonyl (C=O) groups excluding carboxylic acids is 1. The summed E-state index contributed by atoms with van der Waals surface area (Å²) in [5, 5.41) is 2.94. The average molecular weight is 308 g/mol. The molecule has 5 nitrogen and oxygen atoms in total. The van der Waals surface area contributed by atoms with Gasteiger partial charge in [0.15, 0.2) is 0 Å². The van der Waals surface area contributed by atoms with Crippen molar-refractivity contribution < 1.29 is 13.2 Å². The van der Waals surface area contributed by atoms with E-state index >= 15 is 0 Å². The number of fused-ring (bicyclic) bond motifs is 1. The summed E-state index contributed by atoms with van der Waals surface area (Å²) in [5.41, 5.74) is 3.11. The highest BCUT2D eigenvalue weighted by atomic mass is 32.2. The normalized spacial score (nSPS) is 23.9. The first-order chi connectivity index (χ1) is 9.86. The third-order valence-corrected chi connectivity index (χ3v) is 5.82. The number of rotatable bonds is 2. The average Bonchev–Trinajstić information content (AvgIpc) is 2.73. The number of nitrogens with zero attached hydrogens (tertiary/aromatic N) is 1. The molecule has 0 spiro atoms. The van der Waals surface area contributed by atoms with E-state index in [2.05, 4.69) is 11.4 Å². The number of hydrogen-bond acceptors (Lipinski definition) is 3. The summed E-state index contributed by atoms with van der Waals surface area (Å²) in [6, 6.07) is 6.02. The molecule has 1 unspecified atom stereocenters. The molecule has 1 aromatic rings. The van der Waals surface area contributed by atoms with Gasteiger partial charge in [-0.3, -0.25) is 4.79 Å². The van der Waals surface area contributed by atoms with Gasteiger partial charge in [0.25, 0.3) is 0 Å². The lowest BCUT2D eigenvalue weighted by Crippen LogP contribution is -2.40. The fourth-order valence-electron chi connectivity index (χ4n) is 3.41. The van der Waals surface area contributed by atoms with Gasteiger partial charge in [-0.25, -0.2) is 12.7 Å². The Morgan fingerprint density at radius 2 is 1.90 bits per heavy atom. The molecule has 0 saturated carbocycles. The molecule has 1 amide bonds. The van der Waals surface area contributed by atoms with E-state index in [1.807, 2.05) is 19.1 Å². The second-order valence-corrected chi connectivity index (χ2v) is 8.04. The largest absolute Gasteiger partial charge is 0.325 e. The standard InChI is InChI=1S/C15H20N2O3S/c1-10-3-4-13-12(9-10)14(15(18)16-13)11-5-7-17(8-6-11)21(2,19)20/h3-4,9,11,14H,5-8H2,1-2H3,(H,16,18). The third-order valence-electron chi connectivity index (χ3n) is 4.52. The van der Waals surface area contributed by atoms with E-state index in [9.17, 15) is 13.2 Å². The van der Waals surface area contributed by atoms with Gasteiger partial charge in [-0.05, 0) is 37.3 Å². The van der Waals surface area contributed by atoms with Crippen molar-refractivity contribution in [3.63, 3.8) is 0 Å². The molecule has 0 bridgehead atoms. The molecule has 6 heteroatoms. The minimum Gasteiger partial charge on any atom is -0.325 e. The van der Waals surface area contributed by atoms with Crippen LogP contribution in [0.25, 0.3) is 0 Å². The van der Waals surface area contributed by atoms with Crippen LogP contribution in [-0.4, -0.2) is 38.0 Å². The van der Waals surface area contributed by atoms with Crippen molar-refractivity contribution in [3.8, 4) is 0 Å². The molecule has 0 aliphatic carbocycles. The predicted molar refractivity (Wildman–Crippen MR) is 81.7 cm³/mol. The number of benzene rings is 1. The molecule has 2 heterocycles. The molecule has 1 fully saturated rings. The van der Waals surface area contributed by atoms with E-state index in [1.165, 1.54) is 10.6 Å². The first-order valence-electron chi connectivity index (χ1n) is 7.23. The van der Waals surface area contributed by atoms with Gasteiger partial charge in [-0.2, -0.15) is 0 Å². The zero-order valence-corrected chi connectivity index (χ0v) is 13.1. The summed E-state index contributed by atoms with van der Waals surface area (Å²) in [6.45, 7) is 3.04. The molecule has 1 aromatic carbocycles. The molecular weight excluding hydrogens is 288 g/mol. The molecule has 1 N–H and O–H groups in total. The monoisotopic (exact) mass is 308 g/mol. The number of hydrogen-bond donors (Lipinski definition) is 1. The van der Waals surface area contributed by atoms with Gasteiger partial charge in [0.1, 0.15) is 0 Å². The summed E-state index contributed by atoms with van der Waals surface area (Å²) in [5.74, 6) is 0.126. The maximum absolute atomic E-state index is 12.3. The number of sulfonamides is 1. The fraction of sp³-hybridized carbons (Fsp3) is 0.533. The molecular formula is C15H20N2O3S. The Morgan fingerprint density at radius 1 is 1.24 bits per heavy atom. The first kappa shape index (κ1) is 14.5. The summed E-state index contributed by atoms with van der Waals surface area (Å²) in [4.78, 5) is 12.3. The van der Waals surface area contributed by atoms with Gasteiger partial charge >= 0.3 is 0 Å². The summed E-state index contributed by atoms with van der Waals surface area (Å²) >= 11 is 0. The number of amides is 1. The highest BCUT2D eigenvalue weighted by Crippen LogP contribution is 2.41. The maximum atomic E-state index is 12.3. The summed E-state index contributed by atoms with van der Waals surface area (Å²) in [7, 11) is -3.12. The van der Waals surface area contributed by atoms with Crippen LogP contribution in [0.4, 0.5) is 5.69 Å². The topological polar surface area (TPSA) is 66.5 Å². The fourth-order valence-corrected chi connectivity index (χ4v) is 4.29. The van der Waals surface area contributed by atoms with Crippen molar-refractivity contribution in [2.24, 2.45) is 5.92 Å².